The van der Waals surface area contributed by atoms with Gasteiger partial charge in [0.1, 0.15) is 23.2 Å². The molecule has 3 N–H and O–H groups in total. The van der Waals surface area contributed by atoms with Gasteiger partial charge in [-0.25, -0.2) is 9.97 Å². The van der Waals surface area contributed by atoms with Gasteiger partial charge < -0.3 is 20.7 Å². The minimum atomic E-state index is -4.79. The molecule has 0 bridgehead atoms. The number of carbonyl (C=O) groups excluding carboxylic acids is 1. The minimum absolute atomic E-state index is 0.191. The van der Waals surface area contributed by atoms with Crippen molar-refractivity contribution in [2.75, 3.05) is 16.0 Å². The second-order valence-electron chi connectivity index (χ2n) is 7.91. The van der Waals surface area contributed by atoms with Gasteiger partial charge in [0.2, 0.25) is 0 Å². The van der Waals surface area contributed by atoms with E-state index in [-0.39, 0.29) is 5.56 Å². The van der Waals surface area contributed by atoms with Crippen LogP contribution in [0.15, 0.2) is 78.9 Å². The van der Waals surface area contributed by atoms with E-state index in [1.807, 2.05) is 31.2 Å². The van der Waals surface area contributed by atoms with Crippen LogP contribution >= 0.6 is 0 Å². The van der Waals surface area contributed by atoms with Crippen LogP contribution < -0.4 is 20.7 Å². The summed E-state index contributed by atoms with van der Waals surface area (Å²) in [7, 11) is 0. The fourth-order valence-electron chi connectivity index (χ4n) is 3.28. The molecule has 0 radical (unpaired) electrons. The van der Waals surface area contributed by atoms with Crippen molar-refractivity contribution in [1.82, 2.24) is 9.97 Å². The third-order valence-corrected chi connectivity index (χ3v) is 4.93. The molecule has 0 aliphatic carbocycles. The highest BCUT2D eigenvalue weighted by atomic mass is 19.4. The van der Waals surface area contributed by atoms with Crippen LogP contribution in [0.1, 0.15) is 21.7 Å². The predicted octanol–water partition coefficient (Wildman–Crippen LogP) is 6.73. The second kappa shape index (κ2) is 10.3. The Bertz CT molecular complexity index is 1340. The summed E-state index contributed by atoms with van der Waals surface area (Å²) in [6.45, 7) is 3.82. The average molecular weight is 493 g/mol. The smallest absolute Gasteiger partial charge is 0.406 e. The first-order valence-electron chi connectivity index (χ1n) is 10.9. The van der Waals surface area contributed by atoms with Gasteiger partial charge in [0, 0.05) is 28.7 Å². The number of carbonyl (C=O) groups is 1. The summed E-state index contributed by atoms with van der Waals surface area (Å²) in [5, 5.41) is 9.17. The molecule has 3 aromatic carbocycles. The van der Waals surface area contributed by atoms with Crippen LogP contribution in [0.5, 0.6) is 5.75 Å². The zero-order valence-electron chi connectivity index (χ0n) is 19.4. The molecule has 4 rings (SSSR count). The summed E-state index contributed by atoms with van der Waals surface area (Å²) < 4.78 is 40.7. The van der Waals surface area contributed by atoms with Gasteiger partial charge in [-0.05, 0) is 74.5 Å². The molecule has 36 heavy (non-hydrogen) atoms. The van der Waals surface area contributed by atoms with Crippen molar-refractivity contribution in [2.45, 2.75) is 20.2 Å². The standard InChI is InChI=1S/C26H22F3N5O2/c1-16-3-7-19(8-4-16)32-23-15-24(31-17(2)30-23)33-20-9-11-21(12-10-20)34-25(35)18-5-13-22(14-6-18)36-26(27,28)29/h3-15H,1-2H3,(H,34,35)(H2,30,31,32,33). The van der Waals surface area contributed by atoms with E-state index in [0.29, 0.717) is 23.1 Å². The van der Waals surface area contributed by atoms with Gasteiger partial charge in [0.15, 0.2) is 0 Å². The molecule has 0 fully saturated rings. The molecule has 0 aliphatic rings. The van der Waals surface area contributed by atoms with E-state index in [2.05, 4.69) is 30.7 Å². The molecule has 184 valence electrons. The van der Waals surface area contributed by atoms with Crippen molar-refractivity contribution in [3.05, 3.63) is 95.8 Å². The van der Waals surface area contributed by atoms with Crippen molar-refractivity contribution < 1.29 is 22.7 Å². The van der Waals surface area contributed by atoms with Gasteiger partial charge in [-0.15, -0.1) is 13.2 Å². The minimum Gasteiger partial charge on any atom is -0.406 e. The van der Waals surface area contributed by atoms with Gasteiger partial charge >= 0.3 is 6.36 Å². The Hall–Kier alpha value is -4.60. The van der Waals surface area contributed by atoms with E-state index in [0.717, 1.165) is 29.1 Å². The fraction of sp³-hybridized carbons (Fsp3) is 0.115. The number of anilines is 5. The van der Waals surface area contributed by atoms with Crippen LogP contribution in [0, 0.1) is 13.8 Å². The van der Waals surface area contributed by atoms with E-state index in [9.17, 15) is 18.0 Å². The maximum Gasteiger partial charge on any atom is 0.573 e. The largest absolute Gasteiger partial charge is 0.573 e. The number of hydrogen-bond acceptors (Lipinski definition) is 6. The Kier molecular flexibility index (Phi) is 7.05. The van der Waals surface area contributed by atoms with Gasteiger partial charge in [-0.2, -0.15) is 0 Å². The van der Waals surface area contributed by atoms with Gasteiger partial charge in [-0.1, -0.05) is 17.7 Å². The SMILES string of the molecule is Cc1ccc(Nc2cc(Nc3ccc(NC(=O)c4ccc(OC(F)(F)F)cc4)cc3)nc(C)n2)cc1. The van der Waals surface area contributed by atoms with Crippen LogP contribution in [-0.2, 0) is 0 Å². The maximum absolute atomic E-state index is 12.4. The van der Waals surface area contributed by atoms with Crippen LogP contribution in [0.25, 0.3) is 0 Å². The van der Waals surface area contributed by atoms with E-state index in [1.54, 1.807) is 37.3 Å². The Morgan fingerprint density at radius 2 is 1.25 bits per heavy atom. The molecule has 0 saturated carbocycles. The van der Waals surface area contributed by atoms with E-state index >= 15 is 0 Å². The normalized spacial score (nSPS) is 11.0. The van der Waals surface area contributed by atoms with E-state index in [1.165, 1.54) is 12.1 Å². The van der Waals surface area contributed by atoms with Crippen molar-refractivity contribution in [1.29, 1.82) is 0 Å². The van der Waals surface area contributed by atoms with Crippen LogP contribution in [-0.4, -0.2) is 22.2 Å². The first-order valence-corrected chi connectivity index (χ1v) is 10.9. The summed E-state index contributed by atoms with van der Waals surface area (Å²) in [6.07, 6.45) is -4.79. The molecule has 7 nitrogen and oxygen atoms in total. The summed E-state index contributed by atoms with van der Waals surface area (Å²) >= 11 is 0. The summed E-state index contributed by atoms with van der Waals surface area (Å²) in [4.78, 5) is 21.2. The molecular weight excluding hydrogens is 471 g/mol. The molecule has 10 heteroatoms. The Balaban J connectivity index is 1.38. The number of hydrogen-bond donors (Lipinski definition) is 3. The number of ether oxygens (including phenoxy) is 1. The molecule has 0 unspecified atom stereocenters. The molecule has 1 heterocycles. The number of amides is 1. The number of nitrogens with zero attached hydrogens (tertiary/aromatic N) is 2. The average Bonchev–Trinajstić information content (AvgIpc) is 2.81. The third kappa shape index (κ3) is 6.95. The van der Waals surface area contributed by atoms with Crippen LogP contribution in [0.2, 0.25) is 0 Å². The molecule has 0 aliphatic heterocycles. The number of rotatable bonds is 7. The molecule has 0 spiro atoms. The van der Waals surface area contributed by atoms with Gasteiger partial charge in [0.05, 0.1) is 0 Å². The lowest BCUT2D eigenvalue weighted by Crippen LogP contribution is -2.17. The van der Waals surface area contributed by atoms with Crippen molar-refractivity contribution in [3.63, 3.8) is 0 Å². The zero-order valence-corrected chi connectivity index (χ0v) is 19.4. The number of aromatic nitrogens is 2. The lowest BCUT2D eigenvalue weighted by atomic mass is 10.2. The first-order chi connectivity index (χ1) is 17.1. The number of halogens is 3. The maximum atomic E-state index is 12.4. The van der Waals surface area contributed by atoms with Gasteiger partial charge in [-0.3, -0.25) is 4.79 Å². The number of alkyl halides is 3. The molecular formula is C26H22F3N5O2. The molecule has 1 amide bonds. The fourth-order valence-corrected chi connectivity index (χ4v) is 3.28. The Morgan fingerprint density at radius 1 is 0.750 bits per heavy atom. The van der Waals surface area contributed by atoms with Crippen molar-refractivity contribution in [2.24, 2.45) is 0 Å². The third-order valence-electron chi connectivity index (χ3n) is 4.93. The van der Waals surface area contributed by atoms with Crippen molar-refractivity contribution >= 4 is 34.6 Å². The second-order valence-corrected chi connectivity index (χ2v) is 7.91. The van der Waals surface area contributed by atoms with E-state index in [4.69, 9.17) is 0 Å². The monoisotopic (exact) mass is 493 g/mol. The highest BCUT2D eigenvalue weighted by Crippen LogP contribution is 2.24. The lowest BCUT2D eigenvalue weighted by Gasteiger charge is -2.12. The zero-order chi connectivity index (χ0) is 25.7. The number of aryl methyl sites for hydroxylation is 2. The quantitative estimate of drug-likeness (QED) is 0.265. The molecule has 0 atom stereocenters. The molecule has 1 aromatic heterocycles. The summed E-state index contributed by atoms with van der Waals surface area (Å²) in [5.41, 5.74) is 3.52. The van der Waals surface area contributed by atoms with E-state index < -0.39 is 18.0 Å². The lowest BCUT2D eigenvalue weighted by molar-refractivity contribution is -0.274. The number of nitrogens with one attached hydrogen (secondary N) is 3. The van der Waals surface area contributed by atoms with Crippen LogP contribution in [0.3, 0.4) is 0 Å². The topological polar surface area (TPSA) is 88.2 Å². The molecule has 0 saturated heterocycles. The van der Waals surface area contributed by atoms with Gasteiger partial charge in [0.25, 0.3) is 5.91 Å². The first kappa shape index (κ1) is 24.5. The highest BCUT2D eigenvalue weighted by molar-refractivity contribution is 6.04. The number of benzene rings is 3. The van der Waals surface area contributed by atoms with Crippen LogP contribution in [0.4, 0.5) is 41.9 Å². The Labute approximate surface area is 205 Å². The summed E-state index contributed by atoms with van der Waals surface area (Å²) in [6, 6.07) is 21.3. The predicted molar refractivity (Wildman–Crippen MR) is 132 cm³/mol. The Morgan fingerprint density at radius 3 is 1.78 bits per heavy atom. The molecule has 4 aromatic rings. The summed E-state index contributed by atoms with van der Waals surface area (Å²) in [5.74, 6) is 0.962. The van der Waals surface area contributed by atoms with Crippen molar-refractivity contribution in [3.8, 4) is 5.75 Å². The highest BCUT2D eigenvalue weighted by Gasteiger charge is 2.31.